The van der Waals surface area contributed by atoms with Gasteiger partial charge in [0.2, 0.25) is 5.95 Å². The third-order valence-electron chi connectivity index (χ3n) is 1.61. The molecule has 0 amide bonds. The summed E-state index contributed by atoms with van der Waals surface area (Å²) < 4.78 is 12.8. The molecule has 1 N–H and O–H groups in total. The zero-order valence-corrected chi connectivity index (χ0v) is 7.64. The van der Waals surface area contributed by atoms with E-state index in [1.807, 2.05) is 6.07 Å². The van der Waals surface area contributed by atoms with Crippen LogP contribution in [0.4, 0.5) is 4.39 Å². The fourth-order valence-electron chi connectivity index (χ4n) is 0.953. The third-order valence-corrected chi connectivity index (χ3v) is 1.61. The van der Waals surface area contributed by atoms with Gasteiger partial charge < -0.3 is 5.11 Å². The van der Waals surface area contributed by atoms with Gasteiger partial charge in [-0.2, -0.15) is 9.65 Å². The van der Waals surface area contributed by atoms with Crippen molar-refractivity contribution in [3.8, 4) is 6.07 Å². The lowest BCUT2D eigenvalue weighted by atomic mass is 10.2. The van der Waals surface area contributed by atoms with Gasteiger partial charge in [-0.1, -0.05) is 12.2 Å². The minimum Gasteiger partial charge on any atom is -0.478 e. The summed E-state index contributed by atoms with van der Waals surface area (Å²) in [6.07, 6.45) is 4.47. The molecule has 0 aliphatic rings. The van der Waals surface area contributed by atoms with E-state index in [1.165, 1.54) is 18.3 Å². The highest BCUT2D eigenvalue weighted by atomic mass is 19.1. The lowest BCUT2D eigenvalue weighted by Crippen LogP contribution is -2.02. The van der Waals surface area contributed by atoms with Gasteiger partial charge in [0.1, 0.15) is 5.56 Å². The molecule has 0 saturated heterocycles. The minimum absolute atomic E-state index is 0.208. The van der Waals surface area contributed by atoms with Crippen molar-refractivity contribution in [2.75, 3.05) is 0 Å². The molecule has 0 aromatic carbocycles. The molecular weight excluding hydrogens is 199 g/mol. The summed E-state index contributed by atoms with van der Waals surface area (Å²) in [5, 5.41) is 16.9. The van der Waals surface area contributed by atoms with E-state index in [2.05, 4.69) is 4.98 Å². The molecule has 0 aliphatic heterocycles. The largest absolute Gasteiger partial charge is 0.478 e. The number of halogens is 1. The van der Waals surface area contributed by atoms with Crippen LogP contribution in [-0.2, 0) is 0 Å². The molecule has 0 radical (unpaired) electrons. The zero-order valence-electron chi connectivity index (χ0n) is 7.64. The number of carbonyl (C=O) groups is 1. The SMILES string of the molecule is N#CCC=Cc1cnc(F)c(C(=O)O)c1. The van der Waals surface area contributed by atoms with E-state index in [0.717, 1.165) is 0 Å². The van der Waals surface area contributed by atoms with E-state index >= 15 is 0 Å². The third kappa shape index (κ3) is 2.88. The lowest BCUT2D eigenvalue weighted by Gasteiger charge is -1.97. The van der Waals surface area contributed by atoms with Crippen molar-refractivity contribution in [3.05, 3.63) is 35.4 Å². The van der Waals surface area contributed by atoms with Gasteiger partial charge in [-0.25, -0.2) is 9.78 Å². The average Bonchev–Trinajstić information content (AvgIpc) is 2.20. The summed E-state index contributed by atoms with van der Waals surface area (Å²) in [4.78, 5) is 13.8. The second-order valence-electron chi connectivity index (χ2n) is 2.68. The Morgan fingerprint density at radius 1 is 1.73 bits per heavy atom. The van der Waals surface area contributed by atoms with Crippen LogP contribution >= 0.6 is 0 Å². The van der Waals surface area contributed by atoms with E-state index in [-0.39, 0.29) is 6.42 Å². The number of carboxylic acids is 1. The number of carboxylic acid groups (broad SMARTS) is 1. The number of aromatic carboxylic acids is 1. The van der Waals surface area contributed by atoms with Crippen molar-refractivity contribution in [2.45, 2.75) is 6.42 Å². The quantitative estimate of drug-likeness (QED) is 0.766. The maximum atomic E-state index is 12.8. The molecule has 0 unspecified atom stereocenters. The Kier molecular flexibility index (Phi) is 3.52. The van der Waals surface area contributed by atoms with Crippen LogP contribution in [0.5, 0.6) is 0 Å². The number of pyridine rings is 1. The van der Waals surface area contributed by atoms with Gasteiger partial charge in [-0.05, 0) is 11.6 Å². The molecule has 1 heterocycles. The van der Waals surface area contributed by atoms with E-state index < -0.39 is 17.5 Å². The van der Waals surface area contributed by atoms with Crippen LogP contribution in [0.1, 0.15) is 22.3 Å². The minimum atomic E-state index is -1.37. The molecule has 1 aromatic heterocycles. The first-order valence-corrected chi connectivity index (χ1v) is 4.07. The van der Waals surface area contributed by atoms with Gasteiger partial charge in [0.25, 0.3) is 0 Å². The molecule has 0 bridgehead atoms. The Balaban J connectivity index is 2.98. The molecule has 0 atom stereocenters. The van der Waals surface area contributed by atoms with Crippen molar-refractivity contribution in [1.82, 2.24) is 4.98 Å². The van der Waals surface area contributed by atoms with Crippen LogP contribution in [0.25, 0.3) is 6.08 Å². The Morgan fingerprint density at radius 3 is 3.07 bits per heavy atom. The molecule has 15 heavy (non-hydrogen) atoms. The predicted molar refractivity (Wildman–Crippen MR) is 50.4 cm³/mol. The number of nitriles is 1. The maximum Gasteiger partial charge on any atom is 0.340 e. The standard InChI is InChI=1S/C10H7FN2O2/c11-9-8(10(14)15)5-7(6-13-9)3-1-2-4-12/h1,3,5-6H,2H2,(H,14,15). The smallest absolute Gasteiger partial charge is 0.340 e. The predicted octanol–water partition coefficient (Wildman–Crippen LogP) is 1.85. The topological polar surface area (TPSA) is 74.0 Å². The Morgan fingerprint density at radius 2 is 2.47 bits per heavy atom. The van der Waals surface area contributed by atoms with Crippen LogP contribution in [0.2, 0.25) is 0 Å². The first-order valence-electron chi connectivity index (χ1n) is 4.07. The summed E-state index contributed by atoms with van der Waals surface area (Å²) in [5.74, 6) is -2.38. The average molecular weight is 206 g/mol. The van der Waals surface area contributed by atoms with Gasteiger partial charge in [0.15, 0.2) is 0 Å². The van der Waals surface area contributed by atoms with Crippen molar-refractivity contribution in [2.24, 2.45) is 0 Å². The molecule has 4 nitrogen and oxygen atoms in total. The summed E-state index contributed by atoms with van der Waals surface area (Å²) in [7, 11) is 0. The maximum absolute atomic E-state index is 12.8. The van der Waals surface area contributed by atoms with Gasteiger partial charge in [0, 0.05) is 6.20 Å². The molecule has 0 spiro atoms. The highest BCUT2D eigenvalue weighted by Gasteiger charge is 2.10. The van der Waals surface area contributed by atoms with Gasteiger partial charge in [0.05, 0.1) is 12.5 Å². The van der Waals surface area contributed by atoms with Crippen LogP contribution in [-0.4, -0.2) is 16.1 Å². The first-order chi connectivity index (χ1) is 7.15. The number of hydrogen-bond donors (Lipinski definition) is 1. The second kappa shape index (κ2) is 4.86. The Bertz CT molecular complexity index is 449. The molecular formula is C10H7FN2O2. The normalized spacial score (nSPS) is 10.1. The molecule has 0 aliphatic carbocycles. The van der Waals surface area contributed by atoms with Gasteiger partial charge in [-0.3, -0.25) is 0 Å². The Hall–Kier alpha value is -2.22. The van der Waals surface area contributed by atoms with Crippen LogP contribution in [0.3, 0.4) is 0 Å². The molecule has 1 rings (SSSR count). The number of allylic oxidation sites excluding steroid dienone is 1. The van der Waals surface area contributed by atoms with E-state index in [0.29, 0.717) is 5.56 Å². The highest BCUT2D eigenvalue weighted by molar-refractivity contribution is 5.88. The monoisotopic (exact) mass is 206 g/mol. The van der Waals surface area contributed by atoms with Crippen LogP contribution in [0, 0.1) is 17.3 Å². The molecule has 0 saturated carbocycles. The summed E-state index contributed by atoms with van der Waals surface area (Å²) in [6.45, 7) is 0. The van der Waals surface area contributed by atoms with Crippen molar-refractivity contribution in [1.29, 1.82) is 5.26 Å². The summed E-state index contributed by atoms with van der Waals surface area (Å²) in [5.41, 5.74) is -0.0295. The number of rotatable bonds is 3. The van der Waals surface area contributed by atoms with Crippen molar-refractivity contribution in [3.63, 3.8) is 0 Å². The zero-order chi connectivity index (χ0) is 11.3. The summed E-state index contributed by atoms with van der Waals surface area (Å²) >= 11 is 0. The summed E-state index contributed by atoms with van der Waals surface area (Å²) in [6, 6.07) is 3.05. The fourth-order valence-corrected chi connectivity index (χ4v) is 0.953. The van der Waals surface area contributed by atoms with E-state index in [9.17, 15) is 9.18 Å². The second-order valence-corrected chi connectivity index (χ2v) is 2.68. The highest BCUT2D eigenvalue weighted by Crippen LogP contribution is 2.09. The van der Waals surface area contributed by atoms with Crippen molar-refractivity contribution >= 4 is 12.0 Å². The number of aromatic nitrogens is 1. The fraction of sp³-hybridized carbons (Fsp3) is 0.100. The molecule has 76 valence electrons. The first kappa shape index (κ1) is 10.9. The van der Waals surface area contributed by atoms with E-state index in [4.69, 9.17) is 10.4 Å². The Labute approximate surface area is 85.3 Å². The van der Waals surface area contributed by atoms with Crippen molar-refractivity contribution < 1.29 is 14.3 Å². The number of hydrogen-bond acceptors (Lipinski definition) is 3. The molecule has 1 aromatic rings. The van der Waals surface area contributed by atoms with Gasteiger partial charge in [-0.15, -0.1) is 0 Å². The molecule has 5 heteroatoms. The van der Waals surface area contributed by atoms with E-state index in [1.54, 1.807) is 6.08 Å². The molecule has 0 fully saturated rings. The van der Waals surface area contributed by atoms with Gasteiger partial charge >= 0.3 is 5.97 Å². The van der Waals surface area contributed by atoms with Crippen LogP contribution in [0.15, 0.2) is 18.3 Å². The van der Waals surface area contributed by atoms with Crippen LogP contribution < -0.4 is 0 Å². The lowest BCUT2D eigenvalue weighted by molar-refractivity contribution is 0.0690. The number of nitrogens with zero attached hydrogens (tertiary/aromatic N) is 2.